The number of ketones is 1. The molecule has 0 bridgehead atoms. The lowest BCUT2D eigenvalue weighted by Crippen LogP contribution is -2.12. The van der Waals surface area contributed by atoms with E-state index >= 15 is 0 Å². The summed E-state index contributed by atoms with van der Waals surface area (Å²) in [6, 6.07) is 0.115. The zero-order chi connectivity index (χ0) is 11.8. The van der Waals surface area contributed by atoms with Crippen molar-refractivity contribution in [3.63, 3.8) is 0 Å². The van der Waals surface area contributed by atoms with Crippen LogP contribution in [-0.4, -0.2) is 25.3 Å². The first-order valence-electron chi connectivity index (χ1n) is 5.30. The van der Waals surface area contributed by atoms with Crippen LogP contribution >= 0.6 is 11.6 Å². The lowest BCUT2D eigenvalue weighted by atomic mass is 10.0. The van der Waals surface area contributed by atoms with Crippen LogP contribution in [0.3, 0.4) is 0 Å². The largest absolute Gasteiger partial charge is 0.308 e. The minimum absolute atomic E-state index is 0.115. The maximum Gasteiger partial charge on any atom is 0.165 e. The SMILES string of the molecule is O=C1C=C[C@H](n2cnc3c(Cl)ncnc32)CC1. The molecule has 6 heteroatoms. The zero-order valence-electron chi connectivity index (χ0n) is 8.88. The van der Waals surface area contributed by atoms with Gasteiger partial charge in [0.2, 0.25) is 0 Å². The Hall–Kier alpha value is -1.75. The van der Waals surface area contributed by atoms with E-state index in [4.69, 9.17) is 11.6 Å². The fourth-order valence-electron chi connectivity index (χ4n) is 1.99. The van der Waals surface area contributed by atoms with Crippen LogP contribution in [-0.2, 0) is 4.79 Å². The number of allylic oxidation sites excluding steroid dienone is 2. The van der Waals surface area contributed by atoms with Crippen LogP contribution in [0, 0.1) is 0 Å². The number of fused-ring (bicyclic) bond motifs is 1. The molecule has 86 valence electrons. The van der Waals surface area contributed by atoms with Crippen LogP contribution in [0.25, 0.3) is 11.2 Å². The first kappa shape index (κ1) is 10.4. The minimum Gasteiger partial charge on any atom is -0.308 e. The number of imidazole rings is 1. The number of carbonyl (C=O) groups excluding carboxylic acids is 1. The number of nitrogens with zero attached hydrogens (tertiary/aromatic N) is 4. The molecule has 0 unspecified atom stereocenters. The fraction of sp³-hybridized carbons (Fsp3) is 0.273. The first-order chi connectivity index (χ1) is 8.25. The van der Waals surface area contributed by atoms with Gasteiger partial charge in [-0.25, -0.2) is 15.0 Å². The summed E-state index contributed by atoms with van der Waals surface area (Å²) < 4.78 is 1.92. The summed E-state index contributed by atoms with van der Waals surface area (Å²) in [5.41, 5.74) is 1.30. The van der Waals surface area contributed by atoms with Crippen molar-refractivity contribution in [3.05, 3.63) is 30.0 Å². The second-order valence-corrected chi connectivity index (χ2v) is 4.28. The summed E-state index contributed by atoms with van der Waals surface area (Å²) in [6.45, 7) is 0. The Bertz CT molecular complexity index is 619. The normalized spacial score (nSPS) is 20.1. The molecule has 0 radical (unpaired) electrons. The summed E-state index contributed by atoms with van der Waals surface area (Å²) >= 11 is 5.93. The van der Waals surface area contributed by atoms with Gasteiger partial charge in [0.1, 0.15) is 11.8 Å². The van der Waals surface area contributed by atoms with Gasteiger partial charge in [-0.3, -0.25) is 4.79 Å². The zero-order valence-corrected chi connectivity index (χ0v) is 9.63. The van der Waals surface area contributed by atoms with E-state index in [-0.39, 0.29) is 11.8 Å². The molecular weight excluding hydrogens is 240 g/mol. The lowest BCUT2D eigenvalue weighted by molar-refractivity contribution is -0.115. The van der Waals surface area contributed by atoms with E-state index in [0.717, 1.165) is 6.42 Å². The van der Waals surface area contributed by atoms with Gasteiger partial charge in [-0.2, -0.15) is 0 Å². The average molecular weight is 249 g/mol. The van der Waals surface area contributed by atoms with E-state index in [2.05, 4.69) is 15.0 Å². The number of rotatable bonds is 1. The standard InChI is InChI=1S/C11H9ClN4O/c12-10-9-11(14-5-13-10)16(6-15-9)7-1-3-8(17)4-2-7/h1,3,5-7H,2,4H2/t7-/m0/s1. The predicted molar refractivity (Wildman–Crippen MR) is 62.8 cm³/mol. The fourth-order valence-corrected chi connectivity index (χ4v) is 2.16. The van der Waals surface area contributed by atoms with Crippen molar-refractivity contribution < 1.29 is 4.79 Å². The lowest BCUT2D eigenvalue weighted by Gasteiger charge is -2.17. The van der Waals surface area contributed by atoms with Gasteiger partial charge in [0.25, 0.3) is 0 Å². The van der Waals surface area contributed by atoms with Crippen LogP contribution in [0.4, 0.5) is 0 Å². The highest BCUT2D eigenvalue weighted by molar-refractivity contribution is 6.33. The molecule has 1 aliphatic rings. The van der Waals surface area contributed by atoms with Crippen molar-refractivity contribution in [1.29, 1.82) is 0 Å². The van der Waals surface area contributed by atoms with E-state index in [1.54, 1.807) is 12.4 Å². The second-order valence-electron chi connectivity index (χ2n) is 3.92. The summed E-state index contributed by atoms with van der Waals surface area (Å²) in [7, 11) is 0. The van der Waals surface area contributed by atoms with Crippen LogP contribution in [0.5, 0.6) is 0 Å². The third-order valence-corrected chi connectivity index (χ3v) is 3.14. The van der Waals surface area contributed by atoms with E-state index in [1.807, 2.05) is 10.6 Å². The van der Waals surface area contributed by atoms with Crippen LogP contribution in [0.1, 0.15) is 18.9 Å². The molecular formula is C11H9ClN4O. The molecule has 0 N–H and O–H groups in total. The first-order valence-corrected chi connectivity index (χ1v) is 5.67. The second kappa shape index (κ2) is 3.92. The third-order valence-electron chi connectivity index (χ3n) is 2.86. The molecule has 5 nitrogen and oxygen atoms in total. The molecule has 0 saturated carbocycles. The van der Waals surface area contributed by atoms with Crippen LogP contribution < -0.4 is 0 Å². The van der Waals surface area contributed by atoms with Gasteiger partial charge in [-0.15, -0.1) is 0 Å². The quantitative estimate of drug-likeness (QED) is 0.724. The smallest absolute Gasteiger partial charge is 0.165 e. The van der Waals surface area contributed by atoms with Crippen molar-refractivity contribution in [3.8, 4) is 0 Å². The Kier molecular flexibility index (Phi) is 2.40. The Balaban J connectivity index is 2.09. The van der Waals surface area contributed by atoms with Gasteiger partial charge in [-0.1, -0.05) is 17.7 Å². The molecule has 0 spiro atoms. The molecule has 1 aliphatic carbocycles. The van der Waals surface area contributed by atoms with Gasteiger partial charge in [0.15, 0.2) is 16.6 Å². The van der Waals surface area contributed by atoms with Gasteiger partial charge >= 0.3 is 0 Å². The van der Waals surface area contributed by atoms with Gasteiger partial charge in [0, 0.05) is 6.42 Å². The third kappa shape index (κ3) is 1.72. The van der Waals surface area contributed by atoms with Gasteiger partial charge in [0.05, 0.1) is 12.4 Å². The van der Waals surface area contributed by atoms with Gasteiger partial charge in [-0.05, 0) is 12.5 Å². The molecule has 0 aromatic carbocycles. The molecule has 0 aliphatic heterocycles. The monoisotopic (exact) mass is 248 g/mol. The van der Waals surface area contributed by atoms with Crippen molar-refractivity contribution >= 4 is 28.5 Å². The maximum absolute atomic E-state index is 11.1. The Morgan fingerprint density at radius 1 is 1.35 bits per heavy atom. The molecule has 0 saturated heterocycles. The van der Waals surface area contributed by atoms with E-state index in [1.165, 1.54) is 6.33 Å². The highest BCUT2D eigenvalue weighted by Crippen LogP contribution is 2.25. The molecule has 1 atom stereocenters. The van der Waals surface area contributed by atoms with E-state index in [9.17, 15) is 4.79 Å². The molecule has 2 aromatic heterocycles. The number of aromatic nitrogens is 4. The Morgan fingerprint density at radius 2 is 2.24 bits per heavy atom. The summed E-state index contributed by atoms with van der Waals surface area (Å²) in [5.74, 6) is 0.165. The number of halogens is 1. The predicted octanol–water partition coefficient (Wildman–Crippen LogP) is 1.94. The molecule has 2 aromatic rings. The highest BCUT2D eigenvalue weighted by atomic mass is 35.5. The number of hydrogen-bond acceptors (Lipinski definition) is 4. The Labute approximate surface area is 102 Å². The Morgan fingerprint density at radius 3 is 3.00 bits per heavy atom. The number of hydrogen-bond donors (Lipinski definition) is 0. The number of carbonyl (C=O) groups is 1. The molecule has 0 amide bonds. The summed E-state index contributed by atoms with van der Waals surface area (Å²) in [4.78, 5) is 23.4. The van der Waals surface area contributed by atoms with Gasteiger partial charge < -0.3 is 4.57 Å². The molecule has 3 rings (SSSR count). The molecule has 17 heavy (non-hydrogen) atoms. The van der Waals surface area contributed by atoms with Crippen molar-refractivity contribution in [2.45, 2.75) is 18.9 Å². The van der Waals surface area contributed by atoms with Crippen LogP contribution in [0.15, 0.2) is 24.8 Å². The molecule has 0 fully saturated rings. The maximum atomic E-state index is 11.1. The average Bonchev–Trinajstić information content (AvgIpc) is 2.75. The minimum atomic E-state index is 0.115. The molecule has 2 heterocycles. The van der Waals surface area contributed by atoms with Crippen molar-refractivity contribution in [1.82, 2.24) is 19.5 Å². The van der Waals surface area contributed by atoms with E-state index < -0.39 is 0 Å². The van der Waals surface area contributed by atoms with Crippen LogP contribution in [0.2, 0.25) is 5.15 Å². The van der Waals surface area contributed by atoms with Crippen molar-refractivity contribution in [2.24, 2.45) is 0 Å². The highest BCUT2D eigenvalue weighted by Gasteiger charge is 2.18. The topological polar surface area (TPSA) is 60.7 Å². The summed E-state index contributed by atoms with van der Waals surface area (Å²) in [5, 5.41) is 0.351. The van der Waals surface area contributed by atoms with Crippen molar-refractivity contribution in [2.75, 3.05) is 0 Å². The summed E-state index contributed by atoms with van der Waals surface area (Å²) in [6.07, 6.45) is 7.92. The van der Waals surface area contributed by atoms with E-state index in [0.29, 0.717) is 22.7 Å².